The van der Waals surface area contributed by atoms with Crippen LogP contribution in [0.3, 0.4) is 0 Å². The molecule has 0 amide bonds. The second-order valence-corrected chi connectivity index (χ2v) is 3.76. The summed E-state index contributed by atoms with van der Waals surface area (Å²) in [5.74, 6) is -1.17. The van der Waals surface area contributed by atoms with E-state index in [1.54, 1.807) is 0 Å². The van der Waals surface area contributed by atoms with E-state index in [2.05, 4.69) is 0 Å². The minimum atomic E-state index is -0.998. The zero-order valence-electron chi connectivity index (χ0n) is 11.3. The number of ketones is 1. The van der Waals surface area contributed by atoms with Gasteiger partial charge in [0, 0.05) is 19.3 Å². The van der Waals surface area contributed by atoms with Crippen LogP contribution < -0.4 is 0 Å². The molecule has 0 spiro atoms. The van der Waals surface area contributed by atoms with Crippen LogP contribution in [0.25, 0.3) is 0 Å². The average Bonchev–Trinajstić information content (AvgIpc) is 2.29. The first-order chi connectivity index (χ1) is 7.45. The van der Waals surface area contributed by atoms with E-state index >= 15 is 0 Å². The molecule has 0 rings (SSSR count). The summed E-state index contributed by atoms with van der Waals surface area (Å²) in [6.45, 7) is 7.62. The molecule has 1 N–H and O–H groups in total. The highest BCUT2D eigenvalue weighted by Crippen LogP contribution is 2.18. The fourth-order valence-electron chi connectivity index (χ4n) is 1.66. The maximum absolute atomic E-state index is 11.8. The van der Waals surface area contributed by atoms with Crippen molar-refractivity contribution in [1.29, 1.82) is 0 Å². The molecular formula is C13H24O2. The van der Waals surface area contributed by atoms with Gasteiger partial charge < -0.3 is 5.11 Å². The van der Waals surface area contributed by atoms with Gasteiger partial charge in [-0.3, -0.25) is 4.79 Å². The van der Waals surface area contributed by atoms with E-state index in [4.69, 9.17) is 1.37 Å². The molecule has 0 bridgehead atoms. The van der Waals surface area contributed by atoms with Gasteiger partial charge in [-0.15, -0.1) is 0 Å². The Labute approximate surface area is 94.8 Å². The Bertz CT molecular complexity index is 251. The number of rotatable bonds is 7. The van der Waals surface area contributed by atoms with Crippen LogP contribution in [0.4, 0.5) is 0 Å². The Morgan fingerprint density at radius 1 is 1.20 bits per heavy atom. The molecule has 0 unspecified atom stereocenters. The summed E-state index contributed by atoms with van der Waals surface area (Å²) in [6.07, 6.45) is 3.85. The minimum absolute atomic E-state index is 0.0277. The lowest BCUT2D eigenvalue weighted by molar-refractivity contribution is -0.118. The standard InChI is InChI=1S/C13H24O2/c1-5-10(6-2)12(14)9-13(15)11(7-3)8-4/h9-11,14H,5-8H2,1-4H3/b12-9-/i10D. The van der Waals surface area contributed by atoms with Gasteiger partial charge in [-0.2, -0.15) is 0 Å². The van der Waals surface area contributed by atoms with Crippen LogP contribution in [0, 0.1) is 11.8 Å². The number of carbonyl (C=O) groups excluding carboxylic acids is 1. The van der Waals surface area contributed by atoms with Crippen LogP contribution in [0.5, 0.6) is 0 Å². The summed E-state index contributed by atoms with van der Waals surface area (Å²) in [4.78, 5) is 11.8. The molecule has 0 aromatic carbocycles. The van der Waals surface area contributed by atoms with Crippen molar-refractivity contribution < 1.29 is 11.3 Å². The smallest absolute Gasteiger partial charge is 0.162 e. The predicted molar refractivity (Wildman–Crippen MR) is 63.9 cm³/mol. The molecule has 0 aliphatic rings. The normalized spacial score (nSPS) is 14.2. The molecule has 2 heteroatoms. The quantitative estimate of drug-likeness (QED) is 0.515. The zero-order valence-corrected chi connectivity index (χ0v) is 10.3. The van der Waals surface area contributed by atoms with E-state index in [-0.39, 0.29) is 17.5 Å². The number of hydrogen-bond donors (Lipinski definition) is 1. The SMILES string of the molecule is [2H]C(CC)(CC)/C(O)=C/C(=O)C(CC)CC. The van der Waals surface area contributed by atoms with Crippen molar-refractivity contribution >= 4 is 5.78 Å². The van der Waals surface area contributed by atoms with E-state index in [1.165, 1.54) is 6.08 Å². The first-order valence-corrected chi connectivity index (χ1v) is 5.90. The zero-order chi connectivity index (χ0) is 12.8. The van der Waals surface area contributed by atoms with Gasteiger partial charge in [0.25, 0.3) is 0 Å². The molecule has 0 aliphatic carbocycles. The minimum Gasteiger partial charge on any atom is -0.512 e. The van der Waals surface area contributed by atoms with Gasteiger partial charge in [-0.05, 0) is 25.7 Å². The van der Waals surface area contributed by atoms with Gasteiger partial charge in [0.2, 0.25) is 0 Å². The summed E-state index contributed by atoms with van der Waals surface area (Å²) in [7, 11) is 0. The van der Waals surface area contributed by atoms with Gasteiger partial charge in [0.15, 0.2) is 5.78 Å². The maximum atomic E-state index is 11.8. The van der Waals surface area contributed by atoms with E-state index in [9.17, 15) is 9.90 Å². The van der Waals surface area contributed by atoms with Crippen LogP contribution in [-0.4, -0.2) is 10.9 Å². The van der Waals surface area contributed by atoms with Gasteiger partial charge in [-0.1, -0.05) is 27.7 Å². The van der Waals surface area contributed by atoms with Crippen molar-refractivity contribution in [3.8, 4) is 0 Å². The molecule has 0 saturated carbocycles. The molecule has 2 nitrogen and oxygen atoms in total. The summed E-state index contributed by atoms with van der Waals surface area (Å²) >= 11 is 0. The molecule has 88 valence electrons. The summed E-state index contributed by atoms with van der Waals surface area (Å²) in [5.41, 5.74) is 0. The van der Waals surface area contributed by atoms with Crippen LogP contribution in [0.2, 0.25) is 0 Å². The lowest BCUT2D eigenvalue weighted by Gasteiger charge is -2.13. The third-order valence-corrected chi connectivity index (χ3v) is 2.88. The Morgan fingerprint density at radius 2 is 1.67 bits per heavy atom. The lowest BCUT2D eigenvalue weighted by Crippen LogP contribution is -2.12. The van der Waals surface area contributed by atoms with Gasteiger partial charge in [-0.25, -0.2) is 0 Å². The fourth-order valence-corrected chi connectivity index (χ4v) is 1.66. The van der Waals surface area contributed by atoms with Crippen molar-refractivity contribution in [2.24, 2.45) is 11.8 Å². The summed E-state index contributed by atoms with van der Waals surface area (Å²) in [5, 5.41) is 9.83. The topological polar surface area (TPSA) is 37.3 Å². The Morgan fingerprint density at radius 3 is 2.00 bits per heavy atom. The van der Waals surface area contributed by atoms with Crippen LogP contribution in [0.1, 0.15) is 54.7 Å². The fraction of sp³-hybridized carbons (Fsp3) is 0.769. The first kappa shape index (κ1) is 12.3. The summed E-state index contributed by atoms with van der Waals surface area (Å²) < 4.78 is 8.00. The van der Waals surface area contributed by atoms with Gasteiger partial charge in [0.1, 0.15) is 0 Å². The van der Waals surface area contributed by atoms with Crippen LogP contribution in [0.15, 0.2) is 11.8 Å². The van der Waals surface area contributed by atoms with E-state index in [0.29, 0.717) is 12.8 Å². The van der Waals surface area contributed by atoms with E-state index in [1.807, 2.05) is 27.7 Å². The van der Waals surface area contributed by atoms with Crippen molar-refractivity contribution in [1.82, 2.24) is 0 Å². The molecular weight excluding hydrogens is 188 g/mol. The maximum Gasteiger partial charge on any atom is 0.162 e. The van der Waals surface area contributed by atoms with Gasteiger partial charge in [0.05, 0.1) is 5.76 Å². The highest BCUT2D eigenvalue weighted by molar-refractivity contribution is 5.92. The Kier molecular flexibility index (Phi) is 6.14. The van der Waals surface area contributed by atoms with Gasteiger partial charge >= 0.3 is 0 Å². The number of hydrogen-bond acceptors (Lipinski definition) is 2. The van der Waals surface area contributed by atoms with Crippen LogP contribution >= 0.6 is 0 Å². The lowest BCUT2D eigenvalue weighted by atomic mass is 9.94. The molecule has 0 aromatic heterocycles. The second-order valence-electron chi connectivity index (χ2n) is 3.76. The number of carbonyl (C=O) groups is 1. The van der Waals surface area contributed by atoms with Crippen molar-refractivity contribution in [3.05, 3.63) is 11.8 Å². The molecule has 15 heavy (non-hydrogen) atoms. The molecule has 0 atom stereocenters. The van der Waals surface area contributed by atoms with Crippen molar-refractivity contribution in [2.75, 3.05) is 0 Å². The Balaban J connectivity index is 4.82. The Hall–Kier alpha value is -0.790. The highest BCUT2D eigenvalue weighted by Gasteiger charge is 2.15. The van der Waals surface area contributed by atoms with Crippen molar-refractivity contribution in [3.63, 3.8) is 0 Å². The second kappa shape index (κ2) is 7.49. The molecule has 0 fully saturated rings. The predicted octanol–water partition coefficient (Wildman–Crippen LogP) is 3.87. The van der Waals surface area contributed by atoms with Crippen molar-refractivity contribution in [2.45, 2.75) is 53.4 Å². The monoisotopic (exact) mass is 213 g/mol. The summed E-state index contributed by atoms with van der Waals surface area (Å²) in [6, 6.07) is 0. The number of aliphatic hydroxyl groups is 1. The largest absolute Gasteiger partial charge is 0.512 e. The van der Waals surface area contributed by atoms with E-state index in [0.717, 1.165) is 12.8 Å². The first-order valence-electron chi connectivity index (χ1n) is 6.40. The molecule has 0 heterocycles. The number of allylic oxidation sites excluding steroid dienone is 2. The van der Waals surface area contributed by atoms with E-state index < -0.39 is 5.89 Å². The third-order valence-electron chi connectivity index (χ3n) is 2.88. The van der Waals surface area contributed by atoms with Crippen LogP contribution in [-0.2, 0) is 4.79 Å². The molecule has 0 saturated heterocycles. The number of aliphatic hydroxyl groups excluding tert-OH is 1. The third kappa shape index (κ3) is 4.50. The average molecular weight is 213 g/mol. The molecule has 0 radical (unpaired) electrons. The highest BCUT2D eigenvalue weighted by atomic mass is 16.3. The molecule has 0 aliphatic heterocycles. The molecule has 0 aromatic rings.